The van der Waals surface area contributed by atoms with E-state index in [1.165, 1.54) is 5.01 Å². The molecule has 25 heavy (non-hydrogen) atoms. The lowest BCUT2D eigenvalue weighted by Gasteiger charge is -2.38. The van der Waals surface area contributed by atoms with Gasteiger partial charge in [0.25, 0.3) is 5.91 Å². The van der Waals surface area contributed by atoms with Gasteiger partial charge in [0.2, 0.25) is 0 Å². The number of rotatable bonds is 3. The Morgan fingerprint density at radius 1 is 0.880 bits per heavy atom. The van der Waals surface area contributed by atoms with E-state index in [9.17, 15) is 9.90 Å². The monoisotopic (exact) mass is 331 g/mol. The second-order valence-electron chi connectivity index (χ2n) is 5.80. The zero-order chi connectivity index (χ0) is 17.2. The predicted octanol–water partition coefficient (Wildman–Crippen LogP) is 3.99. The molecule has 1 atom stereocenters. The molecule has 4 rings (SSSR count). The van der Waals surface area contributed by atoms with Crippen molar-refractivity contribution >= 4 is 17.3 Å². The van der Waals surface area contributed by atoms with Crippen LogP contribution >= 0.6 is 0 Å². The highest BCUT2D eigenvalue weighted by atomic mass is 16.3. The molecule has 0 radical (unpaired) electrons. The molecule has 3 N–H and O–H groups in total. The number of phenols is 1. The van der Waals surface area contributed by atoms with Crippen LogP contribution in [0.15, 0.2) is 78.9 Å². The Balaban J connectivity index is 1.79. The Kier molecular flexibility index (Phi) is 3.74. The topological polar surface area (TPSA) is 64.6 Å². The van der Waals surface area contributed by atoms with Crippen molar-refractivity contribution in [3.8, 4) is 5.75 Å². The van der Waals surface area contributed by atoms with Crippen LogP contribution in [0, 0.1) is 0 Å². The van der Waals surface area contributed by atoms with E-state index in [4.69, 9.17) is 0 Å². The fourth-order valence-electron chi connectivity index (χ4n) is 2.96. The van der Waals surface area contributed by atoms with E-state index in [0.717, 1.165) is 11.4 Å². The standard InChI is InChI=1S/C20H17N3O2/c24-18-13-7-5-11-16(18)19-21-17-12-6-4-10-15(17)20(25)23(19)22-14-8-2-1-3-9-14/h1-13,19,21-22,24H. The number of carbonyl (C=O) groups excluding carboxylic acids is 1. The van der Waals surface area contributed by atoms with E-state index in [-0.39, 0.29) is 11.7 Å². The van der Waals surface area contributed by atoms with Crippen molar-refractivity contribution in [2.24, 2.45) is 0 Å². The molecule has 5 nitrogen and oxygen atoms in total. The van der Waals surface area contributed by atoms with Crippen molar-refractivity contribution in [1.29, 1.82) is 0 Å². The number of para-hydroxylation sites is 3. The summed E-state index contributed by atoms with van der Waals surface area (Å²) in [5.41, 5.74) is 5.89. The Labute approximate surface area is 145 Å². The van der Waals surface area contributed by atoms with Gasteiger partial charge in [0.1, 0.15) is 5.75 Å². The van der Waals surface area contributed by atoms with Crippen molar-refractivity contribution in [3.63, 3.8) is 0 Å². The van der Waals surface area contributed by atoms with Crippen molar-refractivity contribution < 1.29 is 9.90 Å². The van der Waals surface area contributed by atoms with E-state index in [1.54, 1.807) is 24.3 Å². The molecule has 0 bridgehead atoms. The summed E-state index contributed by atoms with van der Waals surface area (Å²) < 4.78 is 0. The van der Waals surface area contributed by atoms with E-state index in [1.807, 2.05) is 54.6 Å². The number of phenolic OH excluding ortho intramolecular Hbond substituents is 1. The fraction of sp³-hybridized carbons (Fsp3) is 0.0500. The van der Waals surface area contributed by atoms with Crippen molar-refractivity contribution in [1.82, 2.24) is 5.01 Å². The summed E-state index contributed by atoms with van der Waals surface area (Å²) in [4.78, 5) is 13.1. The number of fused-ring (bicyclic) bond motifs is 1. The third-order valence-electron chi connectivity index (χ3n) is 4.18. The van der Waals surface area contributed by atoms with Crippen LogP contribution in [0.4, 0.5) is 11.4 Å². The molecular weight excluding hydrogens is 314 g/mol. The summed E-state index contributed by atoms with van der Waals surface area (Å²) in [6.45, 7) is 0. The highest BCUT2D eigenvalue weighted by molar-refractivity contribution is 6.02. The Bertz CT molecular complexity index is 912. The molecule has 3 aromatic rings. The highest BCUT2D eigenvalue weighted by Crippen LogP contribution is 2.36. The van der Waals surface area contributed by atoms with Gasteiger partial charge in [-0.1, -0.05) is 48.5 Å². The van der Waals surface area contributed by atoms with E-state index < -0.39 is 6.17 Å². The Morgan fingerprint density at radius 3 is 2.36 bits per heavy atom. The summed E-state index contributed by atoms with van der Waals surface area (Å²) in [7, 11) is 0. The molecule has 1 amide bonds. The zero-order valence-electron chi connectivity index (χ0n) is 13.4. The number of aromatic hydroxyl groups is 1. The largest absolute Gasteiger partial charge is 0.508 e. The number of benzene rings is 3. The van der Waals surface area contributed by atoms with E-state index in [0.29, 0.717) is 11.1 Å². The SMILES string of the molecule is O=C1c2ccccc2NC(c2ccccc2O)N1Nc1ccccc1. The van der Waals surface area contributed by atoms with Gasteiger partial charge >= 0.3 is 0 Å². The lowest BCUT2D eigenvalue weighted by molar-refractivity contribution is 0.0731. The van der Waals surface area contributed by atoms with Crippen molar-refractivity contribution in [2.75, 3.05) is 10.7 Å². The first-order valence-electron chi connectivity index (χ1n) is 8.03. The summed E-state index contributed by atoms with van der Waals surface area (Å²) >= 11 is 0. The van der Waals surface area contributed by atoms with Crippen LogP contribution in [0.3, 0.4) is 0 Å². The summed E-state index contributed by atoms with van der Waals surface area (Å²) in [5, 5.41) is 15.1. The Morgan fingerprint density at radius 2 is 1.56 bits per heavy atom. The molecule has 1 aliphatic rings. The lowest BCUT2D eigenvalue weighted by atomic mass is 10.0. The maximum Gasteiger partial charge on any atom is 0.276 e. The quantitative estimate of drug-likeness (QED) is 0.679. The zero-order valence-corrected chi connectivity index (χ0v) is 13.4. The maximum atomic E-state index is 13.1. The molecule has 5 heteroatoms. The molecule has 3 aromatic carbocycles. The van der Waals surface area contributed by atoms with Crippen molar-refractivity contribution in [3.05, 3.63) is 90.0 Å². The number of hydrazine groups is 1. The number of anilines is 2. The lowest BCUT2D eigenvalue weighted by Crippen LogP contribution is -2.46. The van der Waals surface area contributed by atoms with Crippen LogP contribution in [0.5, 0.6) is 5.75 Å². The van der Waals surface area contributed by atoms with Gasteiger partial charge < -0.3 is 10.4 Å². The normalized spacial score (nSPS) is 16.1. The molecule has 1 aliphatic heterocycles. The molecule has 0 aromatic heterocycles. The fourth-order valence-corrected chi connectivity index (χ4v) is 2.96. The molecule has 1 heterocycles. The van der Waals surface area contributed by atoms with Gasteiger partial charge in [0.15, 0.2) is 6.17 Å². The molecule has 0 fully saturated rings. The predicted molar refractivity (Wildman–Crippen MR) is 97.1 cm³/mol. The van der Waals surface area contributed by atoms with Crippen LogP contribution < -0.4 is 10.7 Å². The first kappa shape index (κ1) is 15.1. The molecule has 0 aliphatic carbocycles. The van der Waals surface area contributed by atoms with E-state index in [2.05, 4.69) is 10.7 Å². The smallest absolute Gasteiger partial charge is 0.276 e. The number of hydrogen-bond acceptors (Lipinski definition) is 4. The van der Waals surface area contributed by atoms with E-state index >= 15 is 0 Å². The van der Waals surface area contributed by atoms with Crippen LogP contribution in [0.1, 0.15) is 22.1 Å². The van der Waals surface area contributed by atoms with Gasteiger partial charge in [-0.25, -0.2) is 5.01 Å². The van der Waals surface area contributed by atoms with Gasteiger partial charge in [-0.15, -0.1) is 0 Å². The molecule has 0 spiro atoms. The molecule has 1 unspecified atom stereocenters. The highest BCUT2D eigenvalue weighted by Gasteiger charge is 2.34. The average Bonchev–Trinajstić information content (AvgIpc) is 2.65. The van der Waals surface area contributed by atoms with Gasteiger partial charge in [-0.2, -0.15) is 0 Å². The third kappa shape index (κ3) is 2.76. The minimum atomic E-state index is -0.538. The third-order valence-corrected chi connectivity index (χ3v) is 4.18. The van der Waals surface area contributed by atoms with Gasteiger partial charge in [-0.3, -0.25) is 10.2 Å². The number of hydrogen-bond donors (Lipinski definition) is 3. The van der Waals surface area contributed by atoms with Crippen LogP contribution in [-0.2, 0) is 0 Å². The first-order chi connectivity index (χ1) is 12.2. The number of carbonyl (C=O) groups is 1. The minimum absolute atomic E-state index is 0.132. The van der Waals surface area contributed by atoms with Crippen LogP contribution in [0.25, 0.3) is 0 Å². The van der Waals surface area contributed by atoms with Crippen LogP contribution in [0.2, 0.25) is 0 Å². The number of nitrogens with one attached hydrogen (secondary N) is 2. The summed E-state index contributed by atoms with van der Waals surface area (Å²) in [6.07, 6.45) is -0.538. The average molecular weight is 331 g/mol. The summed E-state index contributed by atoms with van der Waals surface area (Å²) in [6, 6.07) is 23.8. The Hall–Kier alpha value is -3.47. The molecule has 0 saturated carbocycles. The second kappa shape index (κ2) is 6.20. The van der Waals surface area contributed by atoms with Gasteiger partial charge in [0, 0.05) is 11.3 Å². The molecule has 124 valence electrons. The molecule has 0 saturated heterocycles. The maximum absolute atomic E-state index is 13.1. The molecular formula is C20H17N3O2. The number of nitrogens with zero attached hydrogens (tertiary/aromatic N) is 1. The first-order valence-corrected chi connectivity index (χ1v) is 8.03. The second-order valence-corrected chi connectivity index (χ2v) is 5.80. The summed E-state index contributed by atoms with van der Waals surface area (Å²) in [5.74, 6) is -0.0292. The van der Waals surface area contributed by atoms with Gasteiger partial charge in [0.05, 0.1) is 11.3 Å². The van der Waals surface area contributed by atoms with Crippen molar-refractivity contribution in [2.45, 2.75) is 6.17 Å². The minimum Gasteiger partial charge on any atom is -0.508 e. The van der Waals surface area contributed by atoms with Gasteiger partial charge in [-0.05, 0) is 30.3 Å². The van der Waals surface area contributed by atoms with Crippen LogP contribution in [-0.4, -0.2) is 16.0 Å². The number of amides is 1.